The van der Waals surface area contributed by atoms with Gasteiger partial charge in [0.1, 0.15) is 11.6 Å². The lowest BCUT2D eigenvalue weighted by molar-refractivity contribution is -0.146. The number of rotatable bonds is 9. The number of esters is 2. The van der Waals surface area contributed by atoms with E-state index in [-0.39, 0.29) is 18.8 Å². The first-order valence-electron chi connectivity index (χ1n) is 9.54. The van der Waals surface area contributed by atoms with E-state index in [0.29, 0.717) is 12.4 Å². The monoisotopic (exact) mass is 403 g/mol. The highest BCUT2D eigenvalue weighted by atomic mass is 16.6. The van der Waals surface area contributed by atoms with E-state index in [0.717, 1.165) is 11.3 Å². The molecule has 0 bridgehead atoms. The molecule has 1 N–H and O–H groups in total. The standard InChI is InChI=1S/C19H23N3O5.C2H6/c1-4-26-18(23)16(19(24)27-5-2)12-20-17-10-11-21-22(17)13-14-6-8-15(25-3)9-7-14;1-2/h6-12,20H,4-5,13H2,1-3H3;1-2H3. The molecule has 0 fully saturated rings. The highest BCUT2D eigenvalue weighted by molar-refractivity contribution is 6.14. The highest BCUT2D eigenvalue weighted by Gasteiger charge is 2.21. The van der Waals surface area contributed by atoms with Gasteiger partial charge in [0.05, 0.1) is 33.1 Å². The molecule has 0 saturated carbocycles. The molecule has 8 nitrogen and oxygen atoms in total. The van der Waals surface area contributed by atoms with Crippen molar-refractivity contribution in [2.45, 2.75) is 34.2 Å². The largest absolute Gasteiger partial charge is 0.497 e. The van der Waals surface area contributed by atoms with Crippen LogP contribution in [0.25, 0.3) is 0 Å². The van der Waals surface area contributed by atoms with Gasteiger partial charge in [-0.1, -0.05) is 26.0 Å². The van der Waals surface area contributed by atoms with Crippen LogP contribution in [0.5, 0.6) is 5.75 Å². The van der Waals surface area contributed by atoms with Crippen molar-refractivity contribution in [3.8, 4) is 5.75 Å². The second-order valence-corrected chi connectivity index (χ2v) is 5.37. The fourth-order valence-electron chi connectivity index (χ4n) is 2.25. The number of anilines is 1. The average Bonchev–Trinajstić information content (AvgIpc) is 3.17. The van der Waals surface area contributed by atoms with E-state index < -0.39 is 11.9 Å². The first-order valence-corrected chi connectivity index (χ1v) is 9.54. The van der Waals surface area contributed by atoms with Gasteiger partial charge in [0, 0.05) is 12.3 Å². The molecule has 8 heteroatoms. The average molecular weight is 403 g/mol. The van der Waals surface area contributed by atoms with Crippen LogP contribution in [0.4, 0.5) is 5.82 Å². The SMILES string of the molecule is CC.CCOC(=O)C(=CNc1ccnn1Cc1ccc(OC)cc1)C(=O)OCC. The summed E-state index contributed by atoms with van der Waals surface area (Å²) in [7, 11) is 1.61. The quantitative estimate of drug-likeness (QED) is 0.297. The van der Waals surface area contributed by atoms with E-state index in [4.69, 9.17) is 14.2 Å². The maximum atomic E-state index is 12.0. The summed E-state index contributed by atoms with van der Waals surface area (Å²) in [5, 5.41) is 7.18. The summed E-state index contributed by atoms with van der Waals surface area (Å²) in [6.45, 7) is 8.15. The van der Waals surface area contributed by atoms with Crippen LogP contribution >= 0.6 is 0 Å². The molecule has 2 rings (SSSR count). The number of nitrogens with zero attached hydrogens (tertiary/aromatic N) is 2. The van der Waals surface area contributed by atoms with E-state index >= 15 is 0 Å². The number of nitrogens with one attached hydrogen (secondary N) is 1. The molecular weight excluding hydrogens is 374 g/mol. The lowest BCUT2D eigenvalue weighted by Crippen LogP contribution is -2.20. The minimum atomic E-state index is -0.746. The van der Waals surface area contributed by atoms with Gasteiger partial charge >= 0.3 is 11.9 Å². The van der Waals surface area contributed by atoms with Gasteiger partial charge in [-0.05, 0) is 31.5 Å². The minimum absolute atomic E-state index is 0.158. The van der Waals surface area contributed by atoms with E-state index in [9.17, 15) is 9.59 Å². The zero-order chi connectivity index (χ0) is 21.6. The van der Waals surface area contributed by atoms with E-state index in [1.807, 2.05) is 38.1 Å². The van der Waals surface area contributed by atoms with Gasteiger partial charge < -0.3 is 19.5 Å². The predicted octanol–water partition coefficient (Wildman–Crippen LogP) is 3.39. The van der Waals surface area contributed by atoms with Crippen LogP contribution in [-0.2, 0) is 25.6 Å². The van der Waals surface area contributed by atoms with Crippen molar-refractivity contribution >= 4 is 17.8 Å². The Bertz CT molecular complexity index is 777. The van der Waals surface area contributed by atoms with Crippen molar-refractivity contribution in [3.05, 3.63) is 53.9 Å². The lowest BCUT2D eigenvalue weighted by Gasteiger charge is -2.10. The second-order valence-electron chi connectivity index (χ2n) is 5.37. The van der Waals surface area contributed by atoms with Crippen molar-refractivity contribution in [1.82, 2.24) is 9.78 Å². The Hall–Kier alpha value is -3.29. The van der Waals surface area contributed by atoms with Crippen molar-refractivity contribution < 1.29 is 23.8 Å². The third-order valence-electron chi connectivity index (χ3n) is 3.56. The summed E-state index contributed by atoms with van der Waals surface area (Å²) in [6, 6.07) is 9.33. The van der Waals surface area contributed by atoms with Crippen molar-refractivity contribution in [3.63, 3.8) is 0 Å². The van der Waals surface area contributed by atoms with E-state index in [2.05, 4.69) is 10.4 Å². The number of hydrogen-bond acceptors (Lipinski definition) is 7. The van der Waals surface area contributed by atoms with E-state index in [1.54, 1.807) is 37.9 Å². The number of benzene rings is 1. The molecule has 0 spiro atoms. The van der Waals surface area contributed by atoms with Crippen molar-refractivity contribution in [2.24, 2.45) is 0 Å². The molecule has 0 atom stereocenters. The molecule has 1 heterocycles. The summed E-state index contributed by atoms with van der Waals surface area (Å²) in [6.07, 6.45) is 2.89. The Labute approximate surface area is 171 Å². The van der Waals surface area contributed by atoms with Crippen LogP contribution in [-0.4, -0.2) is 42.0 Å². The summed E-state index contributed by atoms with van der Waals surface area (Å²) >= 11 is 0. The summed E-state index contributed by atoms with van der Waals surface area (Å²) in [5.74, 6) is -0.111. The molecule has 29 heavy (non-hydrogen) atoms. The number of ether oxygens (including phenoxy) is 3. The van der Waals surface area contributed by atoms with Crippen LogP contribution in [0.3, 0.4) is 0 Å². The van der Waals surface area contributed by atoms with Crippen LogP contribution < -0.4 is 10.1 Å². The molecule has 0 amide bonds. The number of hydrogen-bond donors (Lipinski definition) is 1. The van der Waals surface area contributed by atoms with Crippen LogP contribution in [0.15, 0.2) is 48.3 Å². The zero-order valence-electron chi connectivity index (χ0n) is 17.6. The summed E-state index contributed by atoms with van der Waals surface area (Å²) < 4.78 is 16.7. The molecule has 2 aromatic rings. The topological polar surface area (TPSA) is 91.7 Å². The molecule has 0 unspecified atom stereocenters. The van der Waals surface area contributed by atoms with Gasteiger partial charge in [-0.3, -0.25) is 0 Å². The fourth-order valence-corrected chi connectivity index (χ4v) is 2.25. The Morgan fingerprint density at radius 3 is 2.14 bits per heavy atom. The molecule has 0 aliphatic rings. The molecule has 0 aliphatic carbocycles. The molecule has 1 aromatic heterocycles. The lowest BCUT2D eigenvalue weighted by atomic mass is 10.2. The highest BCUT2D eigenvalue weighted by Crippen LogP contribution is 2.15. The number of carbonyl (C=O) groups is 2. The van der Waals surface area contributed by atoms with Crippen molar-refractivity contribution in [1.29, 1.82) is 0 Å². The molecule has 0 aliphatic heterocycles. The van der Waals surface area contributed by atoms with Crippen LogP contribution in [0.1, 0.15) is 33.3 Å². The predicted molar refractivity (Wildman–Crippen MR) is 111 cm³/mol. The van der Waals surface area contributed by atoms with Gasteiger partial charge in [-0.25, -0.2) is 14.3 Å². The van der Waals surface area contributed by atoms with Gasteiger partial charge in [0.25, 0.3) is 0 Å². The zero-order valence-corrected chi connectivity index (χ0v) is 17.6. The Morgan fingerprint density at radius 1 is 1.03 bits per heavy atom. The first-order chi connectivity index (χ1) is 14.1. The minimum Gasteiger partial charge on any atom is -0.497 e. The van der Waals surface area contributed by atoms with Crippen LogP contribution in [0, 0.1) is 0 Å². The summed E-state index contributed by atoms with van der Waals surface area (Å²) in [4.78, 5) is 24.0. The summed E-state index contributed by atoms with van der Waals surface area (Å²) in [5.41, 5.74) is 0.804. The number of methoxy groups -OCH3 is 1. The van der Waals surface area contributed by atoms with Gasteiger partial charge in [0.2, 0.25) is 0 Å². The Kier molecular flexibility index (Phi) is 10.6. The maximum Gasteiger partial charge on any atom is 0.347 e. The van der Waals surface area contributed by atoms with Crippen molar-refractivity contribution in [2.75, 3.05) is 25.6 Å². The third kappa shape index (κ3) is 7.33. The molecule has 1 aromatic carbocycles. The van der Waals surface area contributed by atoms with E-state index in [1.165, 1.54) is 6.20 Å². The first kappa shape index (κ1) is 23.7. The fraction of sp³-hybridized carbons (Fsp3) is 0.381. The Balaban J connectivity index is 0.00000204. The maximum absolute atomic E-state index is 12.0. The smallest absolute Gasteiger partial charge is 0.347 e. The molecule has 0 saturated heterocycles. The van der Waals surface area contributed by atoms with Gasteiger partial charge in [0.15, 0.2) is 5.57 Å². The van der Waals surface area contributed by atoms with Gasteiger partial charge in [-0.15, -0.1) is 0 Å². The van der Waals surface area contributed by atoms with Gasteiger partial charge in [-0.2, -0.15) is 5.10 Å². The number of aromatic nitrogens is 2. The third-order valence-corrected chi connectivity index (χ3v) is 3.56. The molecule has 158 valence electrons. The normalized spacial score (nSPS) is 9.55. The number of carbonyl (C=O) groups excluding carboxylic acids is 2. The van der Waals surface area contributed by atoms with Crippen LogP contribution in [0.2, 0.25) is 0 Å². The molecular formula is C21H29N3O5. The Morgan fingerprint density at radius 2 is 1.62 bits per heavy atom. The second kappa shape index (κ2) is 13.0. The molecule has 0 radical (unpaired) electrons.